The Morgan fingerprint density at radius 3 is 2.50 bits per heavy atom. The Labute approximate surface area is 163 Å². The Morgan fingerprint density at radius 1 is 1.07 bits per heavy atom. The molecule has 148 valence electrons. The van der Waals surface area contributed by atoms with Crippen LogP contribution in [0.15, 0.2) is 42.5 Å². The summed E-state index contributed by atoms with van der Waals surface area (Å²) in [5.41, 5.74) is 1.61. The molecular weight excluding hydrogens is 363 g/mol. The molecule has 1 heterocycles. The molecule has 6 nitrogen and oxygen atoms in total. The maximum atomic E-state index is 12.9. The number of rotatable bonds is 7. The third kappa shape index (κ3) is 5.22. The van der Waals surface area contributed by atoms with Gasteiger partial charge in [-0.15, -0.1) is 0 Å². The van der Waals surface area contributed by atoms with Gasteiger partial charge in [-0.2, -0.15) is 0 Å². The monoisotopic (exact) mass is 386 g/mol. The first-order valence-electron chi connectivity index (χ1n) is 9.22. The number of carbonyl (C=O) groups is 2. The van der Waals surface area contributed by atoms with Gasteiger partial charge in [0.25, 0.3) is 0 Å². The molecule has 1 aliphatic heterocycles. The molecule has 0 aromatic heterocycles. The van der Waals surface area contributed by atoms with Gasteiger partial charge < -0.3 is 19.7 Å². The zero-order valence-corrected chi connectivity index (χ0v) is 15.7. The molecule has 0 atom stereocenters. The largest absolute Gasteiger partial charge is 0.486 e. The van der Waals surface area contributed by atoms with Gasteiger partial charge in [-0.25, -0.2) is 4.39 Å². The lowest BCUT2D eigenvalue weighted by Gasteiger charge is -2.24. The van der Waals surface area contributed by atoms with Gasteiger partial charge in [-0.05, 0) is 36.2 Å². The Kier molecular flexibility index (Phi) is 6.47. The number of anilines is 1. The molecule has 3 rings (SSSR count). The summed E-state index contributed by atoms with van der Waals surface area (Å²) in [5.74, 6) is 0.661. The molecule has 0 fully saturated rings. The first kappa shape index (κ1) is 19.7. The smallest absolute Gasteiger partial charge is 0.223 e. The Morgan fingerprint density at radius 2 is 1.79 bits per heavy atom. The summed E-state index contributed by atoms with van der Waals surface area (Å²) in [6.45, 7) is 3.14. The summed E-state index contributed by atoms with van der Waals surface area (Å²) in [7, 11) is 0. The number of nitrogens with one attached hydrogen (secondary N) is 1. The summed E-state index contributed by atoms with van der Waals surface area (Å²) in [5, 5.41) is 2.83. The second-order valence-corrected chi connectivity index (χ2v) is 6.48. The second kappa shape index (κ2) is 9.21. The van der Waals surface area contributed by atoms with Gasteiger partial charge in [0.2, 0.25) is 11.8 Å². The van der Waals surface area contributed by atoms with Crippen molar-refractivity contribution in [2.45, 2.75) is 19.8 Å². The summed E-state index contributed by atoms with van der Waals surface area (Å²) >= 11 is 0. The van der Waals surface area contributed by atoms with Gasteiger partial charge in [-0.1, -0.05) is 12.1 Å². The van der Waals surface area contributed by atoms with Crippen LogP contribution in [-0.4, -0.2) is 38.1 Å². The minimum absolute atomic E-state index is 0.147. The number of nitrogens with zero attached hydrogens (tertiary/aromatic N) is 1. The molecule has 0 saturated heterocycles. The van der Waals surface area contributed by atoms with Gasteiger partial charge in [0.15, 0.2) is 11.5 Å². The van der Waals surface area contributed by atoms with Crippen LogP contribution in [0.5, 0.6) is 11.5 Å². The van der Waals surface area contributed by atoms with Crippen LogP contribution < -0.4 is 19.7 Å². The number of halogens is 1. The van der Waals surface area contributed by atoms with Crippen LogP contribution in [0.3, 0.4) is 0 Å². The number of hydrogen-bond acceptors (Lipinski definition) is 4. The highest BCUT2D eigenvalue weighted by Crippen LogP contribution is 2.34. The second-order valence-electron chi connectivity index (χ2n) is 6.48. The minimum atomic E-state index is -0.281. The van der Waals surface area contributed by atoms with Crippen LogP contribution in [0.25, 0.3) is 0 Å². The molecular formula is C21H23FN2O4. The lowest BCUT2D eigenvalue weighted by atomic mass is 10.1. The van der Waals surface area contributed by atoms with E-state index in [1.807, 2.05) is 0 Å². The number of hydrogen-bond donors (Lipinski definition) is 1. The van der Waals surface area contributed by atoms with E-state index in [2.05, 4.69) is 5.32 Å². The predicted molar refractivity (Wildman–Crippen MR) is 103 cm³/mol. The molecule has 0 bridgehead atoms. The molecule has 2 amide bonds. The molecule has 0 aliphatic carbocycles. The topological polar surface area (TPSA) is 67.9 Å². The maximum Gasteiger partial charge on any atom is 0.223 e. The van der Waals surface area contributed by atoms with Crippen molar-refractivity contribution in [3.05, 3.63) is 53.8 Å². The number of amides is 2. The van der Waals surface area contributed by atoms with E-state index in [1.165, 1.54) is 24.0 Å². The zero-order valence-electron chi connectivity index (χ0n) is 15.7. The normalized spacial score (nSPS) is 12.4. The molecule has 28 heavy (non-hydrogen) atoms. The lowest BCUT2D eigenvalue weighted by molar-refractivity contribution is -0.121. The highest BCUT2D eigenvalue weighted by atomic mass is 19.1. The van der Waals surface area contributed by atoms with E-state index in [1.54, 1.807) is 30.3 Å². The number of ether oxygens (including phenoxy) is 2. The lowest BCUT2D eigenvalue weighted by Crippen LogP contribution is -2.34. The third-order valence-electron chi connectivity index (χ3n) is 4.43. The van der Waals surface area contributed by atoms with Crippen molar-refractivity contribution in [2.24, 2.45) is 0 Å². The van der Waals surface area contributed by atoms with Crippen LogP contribution in [0.4, 0.5) is 10.1 Å². The van der Waals surface area contributed by atoms with E-state index in [-0.39, 0.29) is 30.6 Å². The highest BCUT2D eigenvalue weighted by molar-refractivity contribution is 5.92. The summed E-state index contributed by atoms with van der Waals surface area (Å²) < 4.78 is 23.9. The molecule has 0 unspecified atom stereocenters. The number of benzene rings is 2. The van der Waals surface area contributed by atoms with Crippen LogP contribution >= 0.6 is 0 Å². The van der Waals surface area contributed by atoms with Crippen LogP contribution in [0.1, 0.15) is 18.9 Å². The van der Waals surface area contributed by atoms with Crippen molar-refractivity contribution in [3.63, 3.8) is 0 Å². The molecule has 1 aliphatic rings. The zero-order chi connectivity index (χ0) is 19.9. The average Bonchev–Trinajstić information content (AvgIpc) is 2.69. The Balaban J connectivity index is 1.51. The van der Waals surface area contributed by atoms with Gasteiger partial charge in [0.05, 0.1) is 0 Å². The van der Waals surface area contributed by atoms with Gasteiger partial charge in [-0.3, -0.25) is 9.59 Å². The summed E-state index contributed by atoms with van der Waals surface area (Å²) in [6.07, 6.45) is 0.794. The molecule has 2 aromatic carbocycles. The van der Waals surface area contributed by atoms with Gasteiger partial charge in [0.1, 0.15) is 19.0 Å². The van der Waals surface area contributed by atoms with Crippen molar-refractivity contribution in [1.82, 2.24) is 5.32 Å². The Bertz CT molecular complexity index is 839. The highest BCUT2D eigenvalue weighted by Gasteiger charge is 2.18. The fourth-order valence-corrected chi connectivity index (χ4v) is 2.97. The maximum absolute atomic E-state index is 12.9. The van der Waals surface area contributed by atoms with Crippen LogP contribution in [0.2, 0.25) is 0 Å². The molecule has 0 radical (unpaired) electrons. The average molecular weight is 386 g/mol. The molecule has 0 saturated carbocycles. The van der Waals surface area contributed by atoms with Crippen molar-refractivity contribution in [3.8, 4) is 11.5 Å². The predicted octanol–water partition coefficient (Wildman–Crippen LogP) is 2.70. The molecule has 0 spiro atoms. The van der Waals surface area contributed by atoms with E-state index in [0.717, 1.165) is 5.56 Å². The summed E-state index contributed by atoms with van der Waals surface area (Å²) in [6, 6.07) is 11.5. The van der Waals surface area contributed by atoms with Crippen LogP contribution in [0, 0.1) is 5.82 Å². The standard InChI is InChI=1S/C21H23FN2O4/c1-15(25)24(18-6-7-19-20(14-18)28-13-12-27-19)11-9-21(26)23-10-8-16-2-4-17(22)5-3-16/h2-7,14H,8-13H2,1H3,(H,23,26). The van der Waals surface area contributed by atoms with Gasteiger partial charge in [0, 0.05) is 38.2 Å². The first-order valence-corrected chi connectivity index (χ1v) is 9.22. The SMILES string of the molecule is CC(=O)N(CCC(=O)NCCc1ccc(F)cc1)c1ccc2c(c1)OCCO2. The number of carbonyl (C=O) groups excluding carboxylic acids is 2. The number of fused-ring (bicyclic) bond motifs is 1. The van der Waals surface area contributed by atoms with E-state index >= 15 is 0 Å². The fourth-order valence-electron chi connectivity index (χ4n) is 2.97. The van der Waals surface area contributed by atoms with Crippen LogP contribution in [-0.2, 0) is 16.0 Å². The van der Waals surface area contributed by atoms with Gasteiger partial charge >= 0.3 is 0 Å². The van der Waals surface area contributed by atoms with E-state index in [9.17, 15) is 14.0 Å². The molecule has 1 N–H and O–H groups in total. The first-order chi connectivity index (χ1) is 13.5. The third-order valence-corrected chi connectivity index (χ3v) is 4.43. The van der Waals surface area contributed by atoms with Crippen molar-refractivity contribution in [2.75, 3.05) is 31.2 Å². The van der Waals surface area contributed by atoms with Crippen molar-refractivity contribution >= 4 is 17.5 Å². The van der Waals surface area contributed by atoms with Crippen molar-refractivity contribution < 1.29 is 23.5 Å². The van der Waals surface area contributed by atoms with E-state index in [0.29, 0.717) is 43.4 Å². The minimum Gasteiger partial charge on any atom is -0.486 e. The van der Waals surface area contributed by atoms with Crippen molar-refractivity contribution in [1.29, 1.82) is 0 Å². The molecule has 7 heteroatoms. The quantitative estimate of drug-likeness (QED) is 0.795. The Hall–Kier alpha value is -3.09. The fraction of sp³-hybridized carbons (Fsp3) is 0.333. The summed E-state index contributed by atoms with van der Waals surface area (Å²) in [4.78, 5) is 25.7. The van der Waals surface area contributed by atoms with E-state index in [4.69, 9.17) is 9.47 Å². The van der Waals surface area contributed by atoms with E-state index < -0.39 is 0 Å². The molecule has 2 aromatic rings.